The first-order valence-electron chi connectivity index (χ1n) is 14.4. The first-order valence-corrected chi connectivity index (χ1v) is 14.4. The number of nitrogens with one attached hydrogen (secondary N) is 2. The summed E-state index contributed by atoms with van der Waals surface area (Å²) in [6, 6.07) is 4.39. The molecule has 5 rings (SSSR count). The lowest BCUT2D eigenvalue weighted by atomic mass is 9.63. The number of fused-ring (bicyclic) bond motifs is 2. The minimum atomic E-state index is -0.416. The van der Waals surface area contributed by atoms with E-state index in [-0.39, 0.29) is 34.8 Å². The Hall–Kier alpha value is -3.07. The molecule has 1 aromatic carbocycles. The van der Waals surface area contributed by atoms with Crippen molar-refractivity contribution in [1.29, 1.82) is 0 Å². The number of benzene rings is 1. The molecule has 1 aromatic heterocycles. The molecule has 1 saturated carbocycles. The second-order valence-electron chi connectivity index (χ2n) is 12.3. The summed E-state index contributed by atoms with van der Waals surface area (Å²) in [7, 11) is 0. The highest BCUT2D eigenvalue weighted by Crippen LogP contribution is 2.46. The quantitative estimate of drug-likeness (QED) is 0.507. The molecule has 9 heteroatoms. The summed E-state index contributed by atoms with van der Waals surface area (Å²) in [5, 5.41) is 6.52. The topological polar surface area (TPSA) is 110 Å². The largest absolute Gasteiger partial charge is 0.454 e. The average Bonchev–Trinajstić information content (AvgIpc) is 3.37. The van der Waals surface area contributed by atoms with Crippen LogP contribution >= 0.6 is 0 Å². The number of likely N-dealkylation sites (tertiary alicyclic amines) is 1. The van der Waals surface area contributed by atoms with Crippen LogP contribution in [-0.2, 0) is 4.79 Å². The molecule has 0 unspecified atom stereocenters. The van der Waals surface area contributed by atoms with Crippen molar-refractivity contribution in [2.75, 3.05) is 33.0 Å². The molecule has 2 fully saturated rings. The summed E-state index contributed by atoms with van der Waals surface area (Å²) in [4.78, 5) is 41.2. The first kappa shape index (κ1) is 27.5. The van der Waals surface area contributed by atoms with Crippen LogP contribution in [0.2, 0.25) is 0 Å². The lowest BCUT2D eigenvalue weighted by Gasteiger charge is -2.47. The van der Waals surface area contributed by atoms with Crippen LogP contribution in [0, 0.1) is 11.3 Å². The van der Waals surface area contributed by atoms with Gasteiger partial charge in [-0.05, 0) is 84.5 Å². The Labute approximate surface area is 229 Å². The smallest absolute Gasteiger partial charge is 0.287 e. The third kappa shape index (κ3) is 6.08. The third-order valence-corrected chi connectivity index (χ3v) is 8.46. The highest BCUT2D eigenvalue weighted by Gasteiger charge is 2.48. The van der Waals surface area contributed by atoms with Gasteiger partial charge in [0.25, 0.3) is 5.91 Å². The number of piperidine rings is 1. The molecular formula is C30H41N3O6. The number of hydrogen-bond acceptors (Lipinski definition) is 7. The number of hydrogen-bond donors (Lipinski definition) is 2. The lowest BCUT2D eigenvalue weighted by Crippen LogP contribution is -2.56. The van der Waals surface area contributed by atoms with Crippen molar-refractivity contribution in [1.82, 2.24) is 15.5 Å². The predicted molar refractivity (Wildman–Crippen MR) is 148 cm³/mol. The second-order valence-corrected chi connectivity index (χ2v) is 12.3. The summed E-state index contributed by atoms with van der Waals surface area (Å²) in [5.41, 5.74) is -0.517. The Balaban J connectivity index is 1.13. The molecule has 212 valence electrons. The normalized spacial score (nSPS) is 19.7. The molecule has 0 radical (unpaired) electrons. The van der Waals surface area contributed by atoms with Gasteiger partial charge in [-0.1, -0.05) is 19.3 Å². The zero-order valence-electron chi connectivity index (χ0n) is 23.4. The summed E-state index contributed by atoms with van der Waals surface area (Å²) >= 11 is 0. The summed E-state index contributed by atoms with van der Waals surface area (Å²) in [6.45, 7) is 9.35. The Morgan fingerprint density at radius 3 is 2.41 bits per heavy atom. The minimum Gasteiger partial charge on any atom is -0.454 e. The maximum Gasteiger partial charge on any atom is 0.287 e. The first-order chi connectivity index (χ1) is 18.6. The van der Waals surface area contributed by atoms with Crippen molar-refractivity contribution in [3.05, 3.63) is 34.2 Å². The van der Waals surface area contributed by atoms with Gasteiger partial charge in [-0.25, -0.2) is 0 Å². The molecule has 9 nitrogen and oxygen atoms in total. The molecule has 2 aromatic rings. The third-order valence-electron chi connectivity index (χ3n) is 8.46. The lowest BCUT2D eigenvalue weighted by molar-refractivity contribution is -0.141. The van der Waals surface area contributed by atoms with Gasteiger partial charge in [0.15, 0.2) is 22.7 Å². The van der Waals surface area contributed by atoms with Gasteiger partial charge in [0.2, 0.25) is 12.7 Å². The van der Waals surface area contributed by atoms with E-state index < -0.39 is 5.91 Å². The fraction of sp³-hybridized carbons (Fsp3) is 0.633. The van der Waals surface area contributed by atoms with E-state index in [1.165, 1.54) is 25.3 Å². The molecule has 2 N–H and O–H groups in total. The number of amides is 2. The van der Waals surface area contributed by atoms with E-state index in [4.69, 9.17) is 13.9 Å². The molecule has 39 heavy (non-hydrogen) atoms. The van der Waals surface area contributed by atoms with Gasteiger partial charge in [-0.3, -0.25) is 14.4 Å². The number of rotatable bonds is 7. The molecule has 0 atom stereocenters. The van der Waals surface area contributed by atoms with Crippen molar-refractivity contribution in [2.24, 2.45) is 11.3 Å². The van der Waals surface area contributed by atoms with Gasteiger partial charge < -0.3 is 29.4 Å². The minimum absolute atomic E-state index is 0.0218. The average molecular weight is 540 g/mol. The van der Waals surface area contributed by atoms with Crippen molar-refractivity contribution >= 4 is 22.8 Å². The Kier molecular flexibility index (Phi) is 7.89. The monoisotopic (exact) mass is 539 g/mol. The van der Waals surface area contributed by atoms with Crippen LogP contribution in [-0.4, -0.2) is 55.2 Å². The SMILES string of the molecule is CC(C)(C)NC(=O)C1(C2CCCCC2)CCN(CCCNC(=O)c2cc(=O)c3cc4c(cc3o2)OCO4)CC1. The van der Waals surface area contributed by atoms with Crippen molar-refractivity contribution in [3.63, 3.8) is 0 Å². The molecule has 0 bridgehead atoms. The number of carbonyl (C=O) groups is 2. The summed E-state index contributed by atoms with van der Waals surface area (Å²) in [6.07, 6.45) is 8.56. The summed E-state index contributed by atoms with van der Waals surface area (Å²) in [5.74, 6) is 1.25. The molecule has 3 heterocycles. The Bertz CT molecular complexity index is 1270. The van der Waals surface area contributed by atoms with Gasteiger partial charge in [0.05, 0.1) is 10.8 Å². The molecule has 3 aliphatic rings. The zero-order valence-corrected chi connectivity index (χ0v) is 23.4. The van der Waals surface area contributed by atoms with Crippen molar-refractivity contribution in [2.45, 2.75) is 77.7 Å². The number of carbonyl (C=O) groups excluding carboxylic acids is 2. The van der Waals surface area contributed by atoms with E-state index >= 15 is 0 Å². The van der Waals surface area contributed by atoms with Gasteiger partial charge in [-0.2, -0.15) is 0 Å². The highest BCUT2D eigenvalue weighted by atomic mass is 16.7. The zero-order chi connectivity index (χ0) is 27.6. The fourth-order valence-corrected chi connectivity index (χ4v) is 6.37. The highest BCUT2D eigenvalue weighted by molar-refractivity contribution is 5.93. The number of nitrogens with zero attached hydrogens (tertiary/aromatic N) is 1. The van der Waals surface area contributed by atoms with Crippen LogP contribution in [0.25, 0.3) is 11.0 Å². The molecule has 2 amide bonds. The molecule has 1 aliphatic carbocycles. The van der Waals surface area contributed by atoms with Crippen molar-refractivity contribution in [3.8, 4) is 11.5 Å². The maximum atomic E-state index is 13.6. The van der Waals surface area contributed by atoms with Crippen LogP contribution in [0.15, 0.2) is 27.4 Å². The molecular weight excluding hydrogens is 498 g/mol. The van der Waals surface area contributed by atoms with Crippen LogP contribution in [0.1, 0.15) is 82.7 Å². The van der Waals surface area contributed by atoms with E-state index in [2.05, 4.69) is 36.3 Å². The van der Waals surface area contributed by atoms with E-state index in [9.17, 15) is 14.4 Å². The van der Waals surface area contributed by atoms with Crippen LogP contribution in [0.5, 0.6) is 11.5 Å². The molecule has 1 saturated heterocycles. The van der Waals surface area contributed by atoms with Crippen molar-refractivity contribution < 1.29 is 23.5 Å². The van der Waals surface area contributed by atoms with Crippen LogP contribution in [0.4, 0.5) is 0 Å². The van der Waals surface area contributed by atoms with Gasteiger partial charge >= 0.3 is 0 Å². The summed E-state index contributed by atoms with van der Waals surface area (Å²) < 4.78 is 16.4. The molecule has 0 spiro atoms. The number of ether oxygens (including phenoxy) is 2. The Morgan fingerprint density at radius 1 is 1.03 bits per heavy atom. The van der Waals surface area contributed by atoms with Gasteiger partial charge in [0.1, 0.15) is 5.58 Å². The van der Waals surface area contributed by atoms with E-state index in [0.29, 0.717) is 34.9 Å². The second kappa shape index (κ2) is 11.2. The van der Waals surface area contributed by atoms with E-state index in [1.807, 2.05) is 0 Å². The van der Waals surface area contributed by atoms with Gasteiger partial charge in [-0.15, -0.1) is 0 Å². The fourth-order valence-electron chi connectivity index (χ4n) is 6.37. The predicted octanol–water partition coefficient (Wildman–Crippen LogP) is 4.22. The van der Waals surface area contributed by atoms with Crippen LogP contribution in [0.3, 0.4) is 0 Å². The van der Waals surface area contributed by atoms with E-state index in [1.54, 1.807) is 12.1 Å². The maximum absolute atomic E-state index is 13.6. The Morgan fingerprint density at radius 2 is 1.72 bits per heavy atom. The van der Waals surface area contributed by atoms with Gasteiger partial charge in [0, 0.05) is 24.2 Å². The standard InChI is InChI=1S/C30H41N3O6/c1-29(2,3)32-28(36)30(20-8-5-4-6-9-20)10-14-33(15-11-30)13-7-12-31-27(35)26-17-22(34)21-16-24-25(38-19-37-24)18-23(21)39-26/h16-18,20H,4-15,19H2,1-3H3,(H,31,35)(H,32,36). The van der Waals surface area contributed by atoms with E-state index in [0.717, 1.165) is 51.7 Å². The molecule has 2 aliphatic heterocycles. The van der Waals surface area contributed by atoms with Crippen LogP contribution < -0.4 is 25.5 Å².